The lowest BCUT2D eigenvalue weighted by Gasteiger charge is -2.46. The molecule has 6 rings (SSSR count). The van der Waals surface area contributed by atoms with Crippen molar-refractivity contribution in [1.29, 1.82) is 0 Å². The highest BCUT2D eigenvalue weighted by Gasteiger charge is 2.41. The smallest absolute Gasteiger partial charge is 0.228 e. The van der Waals surface area contributed by atoms with Crippen LogP contribution in [0, 0.1) is 0 Å². The second-order valence-corrected chi connectivity index (χ2v) is 8.29. The Labute approximate surface area is 173 Å². The molecule has 30 heavy (non-hydrogen) atoms. The van der Waals surface area contributed by atoms with Crippen LogP contribution in [0.15, 0.2) is 36.9 Å². The zero-order chi connectivity index (χ0) is 20.1. The van der Waals surface area contributed by atoms with E-state index in [0.717, 1.165) is 60.1 Å². The molecule has 0 unspecified atom stereocenters. The van der Waals surface area contributed by atoms with Crippen LogP contribution in [0.3, 0.4) is 0 Å². The summed E-state index contributed by atoms with van der Waals surface area (Å²) in [6.45, 7) is 0.915. The molecule has 1 saturated heterocycles. The van der Waals surface area contributed by atoms with Crippen LogP contribution in [0.25, 0.3) is 27.8 Å². The first-order valence-corrected chi connectivity index (χ1v) is 10.5. The van der Waals surface area contributed by atoms with Crippen LogP contribution in [0.1, 0.15) is 32.1 Å². The molecule has 2 N–H and O–H groups in total. The summed E-state index contributed by atoms with van der Waals surface area (Å²) < 4.78 is 13.5. The zero-order valence-electron chi connectivity index (χ0n) is 16.9. The summed E-state index contributed by atoms with van der Waals surface area (Å²) >= 11 is 0. The molecule has 0 bridgehead atoms. The van der Waals surface area contributed by atoms with E-state index in [1.54, 1.807) is 13.3 Å². The number of fused-ring (bicyclic) bond motifs is 2. The molecule has 1 aliphatic carbocycles. The van der Waals surface area contributed by atoms with E-state index in [9.17, 15) is 0 Å². The van der Waals surface area contributed by atoms with E-state index < -0.39 is 0 Å². The molecule has 1 aliphatic heterocycles. The van der Waals surface area contributed by atoms with Crippen LogP contribution in [-0.2, 0) is 4.74 Å². The number of pyridine rings is 1. The van der Waals surface area contributed by atoms with Crippen molar-refractivity contribution in [2.24, 2.45) is 0 Å². The van der Waals surface area contributed by atoms with Gasteiger partial charge in [-0.2, -0.15) is 9.97 Å². The van der Waals surface area contributed by atoms with Gasteiger partial charge in [-0.3, -0.25) is 0 Å². The fourth-order valence-electron chi connectivity index (χ4n) is 4.78. The monoisotopic (exact) mass is 404 g/mol. The molecule has 5 heterocycles. The number of aromatic nitrogens is 5. The molecule has 0 amide bonds. The molecular weight excluding hydrogens is 380 g/mol. The average molecular weight is 404 g/mol. The highest BCUT2D eigenvalue weighted by Crippen LogP contribution is 2.41. The summed E-state index contributed by atoms with van der Waals surface area (Å²) in [5.74, 6) is 1.17. The Balaban J connectivity index is 1.31. The number of rotatable bonds is 4. The standard InChI is InChI=1S/C22H24N6O2/c1-29-20-18-16(14-2-3-17-23-9-10-28(17)13-14)12-24-19(18)26-21(27-20)25-15-4-6-22(7-5-15)8-11-30-22/h2-3,9-10,12-13,15H,4-8,11H2,1H3,(H2,24,25,26,27)/t15-,22-. The van der Waals surface area contributed by atoms with Gasteiger partial charge >= 0.3 is 0 Å². The molecule has 0 atom stereocenters. The first-order chi connectivity index (χ1) is 14.7. The Bertz CT molecular complexity index is 1220. The van der Waals surface area contributed by atoms with E-state index in [1.807, 2.05) is 22.9 Å². The average Bonchev–Trinajstić information content (AvgIpc) is 3.39. The van der Waals surface area contributed by atoms with E-state index in [0.29, 0.717) is 17.9 Å². The fraction of sp³-hybridized carbons (Fsp3) is 0.409. The van der Waals surface area contributed by atoms with E-state index in [-0.39, 0.29) is 5.60 Å². The third-order valence-electron chi connectivity index (χ3n) is 6.59. The summed E-state index contributed by atoms with van der Waals surface area (Å²) in [6.07, 6.45) is 13.3. The first-order valence-electron chi connectivity index (χ1n) is 10.5. The third-order valence-corrected chi connectivity index (χ3v) is 6.59. The molecule has 4 aromatic heterocycles. The summed E-state index contributed by atoms with van der Waals surface area (Å²) in [7, 11) is 1.65. The molecule has 0 aromatic carbocycles. The maximum atomic E-state index is 5.83. The number of anilines is 1. The Hall–Kier alpha value is -3.13. The van der Waals surface area contributed by atoms with Gasteiger partial charge in [0.15, 0.2) is 0 Å². The molecule has 2 aliphatic rings. The minimum absolute atomic E-state index is 0.158. The Morgan fingerprint density at radius 1 is 1.23 bits per heavy atom. The van der Waals surface area contributed by atoms with Gasteiger partial charge in [-0.1, -0.05) is 0 Å². The van der Waals surface area contributed by atoms with Crippen molar-refractivity contribution in [3.63, 3.8) is 0 Å². The van der Waals surface area contributed by atoms with Gasteiger partial charge < -0.3 is 24.2 Å². The van der Waals surface area contributed by atoms with Crippen molar-refractivity contribution in [1.82, 2.24) is 24.3 Å². The van der Waals surface area contributed by atoms with Gasteiger partial charge in [0.2, 0.25) is 11.8 Å². The molecule has 1 spiro atoms. The van der Waals surface area contributed by atoms with Gasteiger partial charge in [-0.25, -0.2) is 4.98 Å². The van der Waals surface area contributed by atoms with Crippen molar-refractivity contribution < 1.29 is 9.47 Å². The lowest BCUT2D eigenvalue weighted by Crippen LogP contribution is -2.48. The predicted molar refractivity (Wildman–Crippen MR) is 114 cm³/mol. The lowest BCUT2D eigenvalue weighted by molar-refractivity contribution is -0.165. The van der Waals surface area contributed by atoms with Crippen molar-refractivity contribution in [3.05, 3.63) is 36.9 Å². The van der Waals surface area contributed by atoms with Gasteiger partial charge in [0.25, 0.3) is 0 Å². The lowest BCUT2D eigenvalue weighted by atomic mass is 9.77. The number of imidazole rings is 1. The minimum Gasteiger partial charge on any atom is -0.480 e. The molecule has 8 nitrogen and oxygen atoms in total. The molecule has 1 saturated carbocycles. The Morgan fingerprint density at radius 2 is 2.10 bits per heavy atom. The third kappa shape index (κ3) is 2.82. The summed E-state index contributed by atoms with van der Waals surface area (Å²) in [5.41, 5.74) is 3.89. The van der Waals surface area contributed by atoms with Crippen LogP contribution >= 0.6 is 0 Å². The Morgan fingerprint density at radius 3 is 2.87 bits per heavy atom. The predicted octanol–water partition coefficient (Wildman–Crippen LogP) is 3.79. The highest BCUT2D eigenvalue weighted by atomic mass is 16.5. The summed E-state index contributed by atoms with van der Waals surface area (Å²) in [4.78, 5) is 17.0. The fourth-order valence-corrected chi connectivity index (χ4v) is 4.78. The second kappa shape index (κ2) is 6.70. The topological polar surface area (TPSA) is 89.4 Å². The molecule has 154 valence electrons. The molecule has 0 radical (unpaired) electrons. The number of aromatic amines is 1. The number of nitrogens with zero attached hydrogens (tertiary/aromatic N) is 4. The number of H-pyrrole nitrogens is 1. The maximum Gasteiger partial charge on any atom is 0.228 e. The van der Waals surface area contributed by atoms with E-state index in [1.165, 1.54) is 6.42 Å². The van der Waals surface area contributed by atoms with E-state index >= 15 is 0 Å². The van der Waals surface area contributed by atoms with Gasteiger partial charge in [-0.05, 0) is 44.2 Å². The SMILES string of the molecule is COc1nc(N[C@H]2CC[C@@]3(CCO3)CC2)nc2[nH]cc(-c3ccc4nccn4c3)c12. The van der Waals surface area contributed by atoms with Gasteiger partial charge in [-0.15, -0.1) is 0 Å². The summed E-state index contributed by atoms with van der Waals surface area (Å²) in [6, 6.07) is 4.41. The maximum absolute atomic E-state index is 5.83. The van der Waals surface area contributed by atoms with Crippen LogP contribution in [0.2, 0.25) is 0 Å². The molecule has 2 fully saturated rings. The first kappa shape index (κ1) is 17.7. The van der Waals surface area contributed by atoms with Crippen LogP contribution < -0.4 is 10.1 Å². The number of hydrogen-bond acceptors (Lipinski definition) is 6. The van der Waals surface area contributed by atoms with E-state index in [4.69, 9.17) is 14.5 Å². The van der Waals surface area contributed by atoms with Crippen molar-refractivity contribution in [3.8, 4) is 17.0 Å². The normalized spacial score (nSPS) is 23.7. The Kier molecular flexibility index (Phi) is 3.95. The van der Waals surface area contributed by atoms with E-state index in [2.05, 4.69) is 32.5 Å². The number of ether oxygens (including phenoxy) is 2. The van der Waals surface area contributed by atoms with Crippen molar-refractivity contribution >= 4 is 22.6 Å². The quantitative estimate of drug-likeness (QED) is 0.538. The number of nitrogens with one attached hydrogen (secondary N) is 2. The molecule has 8 heteroatoms. The van der Waals surface area contributed by atoms with Gasteiger partial charge in [0, 0.05) is 42.0 Å². The number of methoxy groups -OCH3 is 1. The van der Waals surface area contributed by atoms with Gasteiger partial charge in [0.05, 0.1) is 24.7 Å². The summed E-state index contributed by atoms with van der Waals surface area (Å²) in [5, 5.41) is 4.40. The zero-order valence-corrected chi connectivity index (χ0v) is 16.9. The minimum atomic E-state index is 0.158. The second-order valence-electron chi connectivity index (χ2n) is 8.29. The highest BCUT2D eigenvalue weighted by molar-refractivity contribution is 5.97. The van der Waals surface area contributed by atoms with Gasteiger partial charge in [0.1, 0.15) is 11.3 Å². The largest absolute Gasteiger partial charge is 0.480 e. The number of hydrogen-bond donors (Lipinski definition) is 2. The van der Waals surface area contributed by atoms with Crippen molar-refractivity contribution in [2.45, 2.75) is 43.7 Å². The van der Waals surface area contributed by atoms with Crippen LogP contribution in [0.4, 0.5) is 5.95 Å². The van der Waals surface area contributed by atoms with Crippen LogP contribution in [-0.4, -0.2) is 49.7 Å². The molecule has 4 aromatic rings. The van der Waals surface area contributed by atoms with Crippen molar-refractivity contribution in [2.75, 3.05) is 19.0 Å². The molecular formula is C22H24N6O2. The van der Waals surface area contributed by atoms with Crippen LogP contribution in [0.5, 0.6) is 5.88 Å².